The molecular weight excluding hydrogens is 234 g/mol. The molecule has 2 rings (SSSR count). The van der Waals surface area contributed by atoms with Crippen LogP contribution in [0.15, 0.2) is 18.2 Å². The summed E-state index contributed by atoms with van der Waals surface area (Å²) in [6.07, 6.45) is 0. The van der Waals surface area contributed by atoms with E-state index in [1.807, 2.05) is 0 Å². The average Bonchev–Trinajstić information content (AvgIpc) is 2.68. The first-order valence-electron chi connectivity index (χ1n) is 5.86. The number of hydrogen-bond donors (Lipinski definition) is 1. The van der Waals surface area contributed by atoms with E-state index in [9.17, 15) is 10.1 Å². The van der Waals surface area contributed by atoms with Crippen LogP contribution in [0.4, 0.5) is 11.4 Å². The number of anilines is 1. The molecule has 0 spiro atoms. The number of nitro groups is 1. The number of hydrogen-bond acceptors (Lipinski definition) is 5. The highest BCUT2D eigenvalue weighted by molar-refractivity contribution is 5.59. The van der Waals surface area contributed by atoms with E-state index < -0.39 is 4.92 Å². The zero-order valence-corrected chi connectivity index (χ0v) is 10.5. The molecule has 18 heavy (non-hydrogen) atoms. The third-order valence-corrected chi connectivity index (χ3v) is 3.40. The SMILES string of the molecule is COc1cc(N2CC(C)C(N)C2)ccc1[N+](=O)[O-]. The van der Waals surface area contributed by atoms with Gasteiger partial charge in [0.1, 0.15) is 0 Å². The summed E-state index contributed by atoms with van der Waals surface area (Å²) in [5.74, 6) is 0.705. The fourth-order valence-corrected chi connectivity index (χ4v) is 2.22. The molecule has 2 unspecified atom stereocenters. The summed E-state index contributed by atoms with van der Waals surface area (Å²) < 4.78 is 5.06. The van der Waals surface area contributed by atoms with Crippen molar-refractivity contribution in [3.8, 4) is 5.75 Å². The molecule has 6 heteroatoms. The predicted octanol–water partition coefficient (Wildman–Crippen LogP) is 1.39. The molecule has 1 fully saturated rings. The molecule has 1 saturated heterocycles. The summed E-state index contributed by atoms with van der Waals surface area (Å²) in [6, 6.07) is 5.06. The highest BCUT2D eigenvalue weighted by Gasteiger charge is 2.27. The van der Waals surface area contributed by atoms with Crippen LogP contribution >= 0.6 is 0 Å². The van der Waals surface area contributed by atoms with Gasteiger partial charge in [-0.2, -0.15) is 0 Å². The second-order valence-corrected chi connectivity index (χ2v) is 4.66. The van der Waals surface area contributed by atoms with Gasteiger partial charge in [-0.25, -0.2) is 0 Å². The van der Waals surface area contributed by atoms with Crippen molar-refractivity contribution in [3.63, 3.8) is 0 Å². The van der Waals surface area contributed by atoms with Crippen LogP contribution in [-0.4, -0.2) is 31.2 Å². The third-order valence-electron chi connectivity index (χ3n) is 3.40. The van der Waals surface area contributed by atoms with Crippen molar-refractivity contribution in [1.29, 1.82) is 0 Å². The zero-order valence-electron chi connectivity index (χ0n) is 10.5. The quantitative estimate of drug-likeness (QED) is 0.648. The number of nitro benzene ring substituents is 1. The van der Waals surface area contributed by atoms with Crippen molar-refractivity contribution in [2.24, 2.45) is 11.7 Å². The van der Waals surface area contributed by atoms with Crippen LogP contribution in [-0.2, 0) is 0 Å². The van der Waals surface area contributed by atoms with Crippen molar-refractivity contribution in [2.45, 2.75) is 13.0 Å². The van der Waals surface area contributed by atoms with E-state index in [1.165, 1.54) is 13.2 Å². The maximum atomic E-state index is 10.8. The largest absolute Gasteiger partial charge is 0.490 e. The Hall–Kier alpha value is -1.82. The number of rotatable bonds is 3. The van der Waals surface area contributed by atoms with Gasteiger partial charge in [-0.05, 0) is 12.0 Å². The second-order valence-electron chi connectivity index (χ2n) is 4.66. The molecule has 98 valence electrons. The third kappa shape index (κ3) is 2.24. The lowest BCUT2D eigenvalue weighted by Gasteiger charge is -2.18. The Balaban J connectivity index is 2.28. The van der Waals surface area contributed by atoms with Crippen LogP contribution in [0.2, 0.25) is 0 Å². The van der Waals surface area contributed by atoms with Gasteiger partial charge in [0.25, 0.3) is 0 Å². The second kappa shape index (κ2) is 4.81. The average molecular weight is 251 g/mol. The van der Waals surface area contributed by atoms with Gasteiger partial charge >= 0.3 is 5.69 Å². The molecular formula is C12H17N3O3. The zero-order chi connectivity index (χ0) is 13.3. The van der Waals surface area contributed by atoms with E-state index in [1.54, 1.807) is 12.1 Å². The summed E-state index contributed by atoms with van der Waals surface area (Å²) in [5, 5.41) is 10.8. The summed E-state index contributed by atoms with van der Waals surface area (Å²) in [5.41, 5.74) is 6.87. The molecule has 0 saturated carbocycles. The minimum absolute atomic E-state index is 0.0159. The van der Waals surface area contributed by atoms with Crippen LogP contribution in [0.25, 0.3) is 0 Å². The van der Waals surface area contributed by atoms with Crippen LogP contribution in [0, 0.1) is 16.0 Å². The van der Waals surface area contributed by atoms with Gasteiger partial charge in [0.15, 0.2) is 5.75 Å². The van der Waals surface area contributed by atoms with Gasteiger partial charge in [-0.1, -0.05) is 6.92 Å². The van der Waals surface area contributed by atoms with Crippen LogP contribution in [0.3, 0.4) is 0 Å². The van der Waals surface area contributed by atoms with E-state index in [0.717, 1.165) is 18.8 Å². The standard InChI is InChI=1S/C12H17N3O3/c1-8-6-14(7-10(8)13)9-3-4-11(15(16)17)12(5-9)18-2/h3-5,8,10H,6-7,13H2,1-2H3. The highest BCUT2D eigenvalue weighted by atomic mass is 16.6. The Kier molecular flexibility index (Phi) is 3.38. The Labute approximate surface area is 105 Å². The molecule has 1 aromatic carbocycles. The summed E-state index contributed by atoms with van der Waals surface area (Å²) >= 11 is 0. The normalized spacial score (nSPS) is 23.2. The van der Waals surface area contributed by atoms with Crippen molar-refractivity contribution in [2.75, 3.05) is 25.1 Å². The maximum Gasteiger partial charge on any atom is 0.311 e. The summed E-state index contributed by atoms with van der Waals surface area (Å²) in [6.45, 7) is 3.73. The first-order valence-corrected chi connectivity index (χ1v) is 5.86. The molecule has 0 amide bonds. The fraction of sp³-hybridized carbons (Fsp3) is 0.500. The number of nitrogens with zero attached hydrogens (tertiary/aromatic N) is 2. The lowest BCUT2D eigenvalue weighted by molar-refractivity contribution is -0.385. The Bertz CT molecular complexity index is 454. The molecule has 1 heterocycles. The predicted molar refractivity (Wildman–Crippen MR) is 69.0 cm³/mol. The summed E-state index contributed by atoms with van der Waals surface area (Å²) in [4.78, 5) is 12.5. The van der Waals surface area contributed by atoms with E-state index in [0.29, 0.717) is 5.92 Å². The van der Waals surface area contributed by atoms with E-state index in [2.05, 4.69) is 11.8 Å². The number of ether oxygens (including phenoxy) is 1. The number of methoxy groups -OCH3 is 1. The van der Waals surface area contributed by atoms with Gasteiger partial charge in [-0.3, -0.25) is 10.1 Å². The number of benzene rings is 1. The molecule has 1 aliphatic heterocycles. The first-order chi connectivity index (χ1) is 8.52. The van der Waals surface area contributed by atoms with Crippen molar-refractivity contribution in [1.82, 2.24) is 0 Å². The molecule has 2 N–H and O–H groups in total. The topological polar surface area (TPSA) is 81.6 Å². The van der Waals surface area contributed by atoms with Gasteiger partial charge < -0.3 is 15.4 Å². The number of nitrogens with two attached hydrogens (primary N) is 1. The Morgan fingerprint density at radius 2 is 2.22 bits per heavy atom. The first kappa shape index (κ1) is 12.6. The van der Waals surface area contributed by atoms with Gasteiger partial charge in [-0.15, -0.1) is 0 Å². The summed E-state index contributed by atoms with van der Waals surface area (Å²) in [7, 11) is 1.43. The maximum absolute atomic E-state index is 10.8. The van der Waals surface area contributed by atoms with Gasteiger partial charge in [0.2, 0.25) is 0 Å². The minimum Gasteiger partial charge on any atom is -0.490 e. The van der Waals surface area contributed by atoms with E-state index in [4.69, 9.17) is 10.5 Å². The minimum atomic E-state index is -0.443. The monoisotopic (exact) mass is 251 g/mol. The van der Waals surface area contributed by atoms with Crippen molar-refractivity contribution < 1.29 is 9.66 Å². The Morgan fingerprint density at radius 1 is 1.50 bits per heavy atom. The highest BCUT2D eigenvalue weighted by Crippen LogP contribution is 2.33. The molecule has 2 atom stereocenters. The molecule has 0 aliphatic carbocycles. The molecule has 0 radical (unpaired) electrons. The lowest BCUT2D eigenvalue weighted by atomic mass is 10.1. The van der Waals surface area contributed by atoms with Gasteiger partial charge in [0, 0.05) is 37.0 Å². The Morgan fingerprint density at radius 3 is 2.72 bits per heavy atom. The lowest BCUT2D eigenvalue weighted by Crippen LogP contribution is -2.28. The molecule has 1 aromatic rings. The smallest absolute Gasteiger partial charge is 0.311 e. The molecule has 0 aromatic heterocycles. The van der Waals surface area contributed by atoms with Crippen molar-refractivity contribution >= 4 is 11.4 Å². The van der Waals surface area contributed by atoms with Crippen molar-refractivity contribution in [3.05, 3.63) is 28.3 Å². The van der Waals surface area contributed by atoms with E-state index >= 15 is 0 Å². The van der Waals surface area contributed by atoms with Gasteiger partial charge in [0.05, 0.1) is 12.0 Å². The fourth-order valence-electron chi connectivity index (χ4n) is 2.22. The van der Waals surface area contributed by atoms with Crippen LogP contribution < -0.4 is 15.4 Å². The molecule has 6 nitrogen and oxygen atoms in total. The van der Waals surface area contributed by atoms with Crippen LogP contribution in [0.5, 0.6) is 5.75 Å². The van der Waals surface area contributed by atoms with E-state index in [-0.39, 0.29) is 17.5 Å². The molecule has 0 bridgehead atoms. The van der Waals surface area contributed by atoms with Crippen LogP contribution in [0.1, 0.15) is 6.92 Å². The molecule has 1 aliphatic rings.